The van der Waals surface area contributed by atoms with E-state index in [1.165, 1.54) is 0 Å². The van der Waals surface area contributed by atoms with Crippen LogP contribution >= 0.6 is 39.9 Å². The Morgan fingerprint density at radius 3 is 2.79 bits per heavy atom. The molecule has 19 heavy (non-hydrogen) atoms. The number of nitrogens with two attached hydrogens (primary N) is 1. The Bertz CT molecular complexity index is 520. The lowest BCUT2D eigenvalue weighted by atomic mass is 10.1. The van der Waals surface area contributed by atoms with Crippen molar-refractivity contribution in [2.45, 2.75) is 18.6 Å². The Morgan fingerprint density at radius 2 is 2.21 bits per heavy atom. The summed E-state index contributed by atoms with van der Waals surface area (Å²) in [6, 6.07) is 3.54. The van der Waals surface area contributed by atoms with E-state index in [1.54, 1.807) is 12.1 Å². The van der Waals surface area contributed by atoms with Crippen LogP contribution in [-0.2, 0) is 0 Å². The van der Waals surface area contributed by atoms with Crippen molar-refractivity contribution in [2.24, 2.45) is 5.73 Å². The lowest BCUT2D eigenvalue weighted by Gasteiger charge is -2.39. The van der Waals surface area contributed by atoms with E-state index in [4.69, 9.17) is 18.0 Å². The highest BCUT2D eigenvalue weighted by Crippen LogP contribution is 2.35. The summed E-state index contributed by atoms with van der Waals surface area (Å²) in [7, 11) is 0. The van der Waals surface area contributed by atoms with Gasteiger partial charge in [-0.25, -0.2) is 4.39 Å². The van der Waals surface area contributed by atoms with Gasteiger partial charge in [-0.15, -0.1) is 0 Å². The second-order valence-electron chi connectivity index (χ2n) is 5.15. The minimum absolute atomic E-state index is 0.138. The molecule has 0 radical (unpaired) electrons. The van der Waals surface area contributed by atoms with Crippen LogP contribution in [0, 0.1) is 5.82 Å². The first kappa shape index (κ1) is 15.1. The van der Waals surface area contributed by atoms with Gasteiger partial charge in [0.25, 0.3) is 0 Å². The fourth-order valence-corrected chi connectivity index (χ4v) is 4.16. The maximum Gasteiger partial charge on any atom is 0.161 e. The number of nitrogens with zero attached hydrogens (tertiary/aromatic N) is 1. The summed E-state index contributed by atoms with van der Waals surface area (Å²) < 4.78 is 14.9. The molecule has 2 nitrogen and oxygen atoms in total. The maximum atomic E-state index is 14.4. The molecule has 0 amide bonds. The Kier molecular flexibility index (Phi) is 4.42. The van der Waals surface area contributed by atoms with Gasteiger partial charge in [-0.2, -0.15) is 11.8 Å². The normalized spacial score (nSPS) is 18.4. The number of thiocarbonyl (C=S) groups is 1. The SMILES string of the molecule is CC1(C)CN(c2ccc(C(N)=S)c(Br)c2F)CCS1. The second kappa shape index (κ2) is 5.58. The number of halogens is 2. The van der Waals surface area contributed by atoms with E-state index in [-0.39, 0.29) is 15.6 Å². The summed E-state index contributed by atoms with van der Waals surface area (Å²) in [5, 5.41) is 0. The number of benzene rings is 1. The Balaban J connectivity index is 2.36. The van der Waals surface area contributed by atoms with Crippen LogP contribution in [0.5, 0.6) is 0 Å². The van der Waals surface area contributed by atoms with E-state index in [0.717, 1.165) is 18.8 Å². The first-order valence-electron chi connectivity index (χ1n) is 5.98. The van der Waals surface area contributed by atoms with Crippen LogP contribution in [0.2, 0.25) is 0 Å². The molecule has 0 saturated carbocycles. The summed E-state index contributed by atoms with van der Waals surface area (Å²) in [6.07, 6.45) is 0. The molecule has 0 spiro atoms. The molecule has 1 aromatic rings. The molecule has 1 saturated heterocycles. The van der Waals surface area contributed by atoms with Gasteiger partial charge in [-0.3, -0.25) is 0 Å². The summed E-state index contributed by atoms with van der Waals surface area (Å²) in [4.78, 5) is 2.28. The van der Waals surface area contributed by atoms with E-state index in [1.807, 2.05) is 11.8 Å². The molecule has 104 valence electrons. The molecular weight excluding hydrogens is 347 g/mol. The van der Waals surface area contributed by atoms with Gasteiger partial charge in [0.05, 0.1) is 10.2 Å². The van der Waals surface area contributed by atoms with Gasteiger partial charge in [0.1, 0.15) is 4.99 Å². The van der Waals surface area contributed by atoms with E-state index >= 15 is 0 Å². The van der Waals surface area contributed by atoms with Crippen LogP contribution < -0.4 is 10.6 Å². The van der Waals surface area contributed by atoms with Crippen molar-refractivity contribution in [1.29, 1.82) is 0 Å². The highest BCUT2D eigenvalue weighted by molar-refractivity contribution is 9.10. The van der Waals surface area contributed by atoms with Crippen LogP contribution in [0.1, 0.15) is 19.4 Å². The molecule has 6 heteroatoms. The summed E-state index contributed by atoms with van der Waals surface area (Å²) in [6.45, 7) is 6.04. The van der Waals surface area contributed by atoms with Gasteiger partial charge in [-0.1, -0.05) is 12.2 Å². The van der Waals surface area contributed by atoms with E-state index < -0.39 is 0 Å². The first-order chi connectivity index (χ1) is 8.82. The molecule has 0 aliphatic carbocycles. The Hall–Kier alpha value is -0.330. The van der Waals surface area contributed by atoms with Crippen LogP contribution in [0.3, 0.4) is 0 Å². The molecule has 1 aromatic carbocycles. The standard InChI is InChI=1S/C13H16BrFN2S2/c1-13(2)7-17(5-6-19-13)9-4-3-8(12(16)18)10(14)11(9)15/h3-4H,5-7H2,1-2H3,(H2,16,18). The topological polar surface area (TPSA) is 29.3 Å². The highest BCUT2D eigenvalue weighted by Gasteiger charge is 2.29. The van der Waals surface area contributed by atoms with Gasteiger partial charge in [0, 0.05) is 29.2 Å². The van der Waals surface area contributed by atoms with Crippen molar-refractivity contribution in [1.82, 2.24) is 0 Å². The number of hydrogen-bond donors (Lipinski definition) is 1. The molecule has 1 fully saturated rings. The number of anilines is 1. The summed E-state index contributed by atoms with van der Waals surface area (Å²) in [5.74, 6) is 0.717. The molecule has 1 aliphatic rings. The zero-order valence-corrected chi connectivity index (χ0v) is 14.1. The zero-order valence-electron chi connectivity index (χ0n) is 10.9. The van der Waals surface area contributed by atoms with Crippen LogP contribution in [0.15, 0.2) is 16.6 Å². The predicted molar refractivity (Wildman–Crippen MR) is 88.7 cm³/mol. The van der Waals surface area contributed by atoms with Crippen molar-refractivity contribution in [3.8, 4) is 0 Å². The zero-order chi connectivity index (χ0) is 14.2. The monoisotopic (exact) mass is 362 g/mol. The fraction of sp³-hybridized carbons (Fsp3) is 0.462. The number of rotatable bonds is 2. The molecule has 0 unspecified atom stereocenters. The smallest absolute Gasteiger partial charge is 0.161 e. The molecule has 0 bridgehead atoms. The quantitative estimate of drug-likeness (QED) is 0.814. The van der Waals surface area contributed by atoms with Crippen LogP contribution in [0.4, 0.5) is 10.1 Å². The van der Waals surface area contributed by atoms with Crippen molar-refractivity contribution in [3.05, 3.63) is 28.0 Å². The highest BCUT2D eigenvalue weighted by atomic mass is 79.9. The summed E-state index contributed by atoms with van der Waals surface area (Å²) >= 11 is 10.1. The van der Waals surface area contributed by atoms with Gasteiger partial charge >= 0.3 is 0 Å². The minimum Gasteiger partial charge on any atom is -0.389 e. The minimum atomic E-state index is -0.284. The summed E-state index contributed by atoms with van der Waals surface area (Å²) in [5.41, 5.74) is 6.73. The third-order valence-corrected chi connectivity index (χ3v) is 5.39. The van der Waals surface area contributed by atoms with E-state index in [0.29, 0.717) is 15.7 Å². The van der Waals surface area contributed by atoms with Crippen LogP contribution in [0.25, 0.3) is 0 Å². The van der Waals surface area contributed by atoms with Crippen molar-refractivity contribution >= 4 is 50.6 Å². The molecule has 0 atom stereocenters. The van der Waals surface area contributed by atoms with E-state index in [9.17, 15) is 4.39 Å². The van der Waals surface area contributed by atoms with Gasteiger partial charge in [0.2, 0.25) is 0 Å². The molecule has 2 rings (SSSR count). The molecule has 2 N–H and O–H groups in total. The van der Waals surface area contributed by atoms with Gasteiger partial charge in [-0.05, 0) is 41.9 Å². The first-order valence-corrected chi connectivity index (χ1v) is 8.17. The molecule has 1 heterocycles. The number of thioether (sulfide) groups is 1. The lowest BCUT2D eigenvalue weighted by Crippen LogP contribution is -2.43. The third-order valence-electron chi connectivity index (χ3n) is 3.09. The fourth-order valence-electron chi connectivity index (χ4n) is 2.20. The van der Waals surface area contributed by atoms with Crippen molar-refractivity contribution in [2.75, 3.05) is 23.7 Å². The Morgan fingerprint density at radius 1 is 1.53 bits per heavy atom. The average molecular weight is 363 g/mol. The second-order valence-corrected chi connectivity index (χ2v) is 8.19. The lowest BCUT2D eigenvalue weighted by molar-refractivity contribution is 0.593. The van der Waals surface area contributed by atoms with Crippen LogP contribution in [-0.4, -0.2) is 28.6 Å². The van der Waals surface area contributed by atoms with Gasteiger partial charge in [0.15, 0.2) is 5.82 Å². The van der Waals surface area contributed by atoms with E-state index in [2.05, 4.69) is 34.7 Å². The maximum absolute atomic E-state index is 14.4. The molecule has 1 aliphatic heterocycles. The predicted octanol–water partition coefficient (Wildman–Crippen LogP) is 3.55. The average Bonchev–Trinajstić information content (AvgIpc) is 2.30. The molecular formula is C13H16BrFN2S2. The van der Waals surface area contributed by atoms with Gasteiger partial charge < -0.3 is 10.6 Å². The van der Waals surface area contributed by atoms with Crippen molar-refractivity contribution < 1.29 is 4.39 Å². The molecule has 0 aromatic heterocycles. The Labute approximate surface area is 131 Å². The van der Waals surface area contributed by atoms with Crippen molar-refractivity contribution in [3.63, 3.8) is 0 Å². The third kappa shape index (κ3) is 3.23. The number of hydrogen-bond acceptors (Lipinski definition) is 3. The largest absolute Gasteiger partial charge is 0.389 e.